The predicted molar refractivity (Wildman–Crippen MR) is 82.3 cm³/mol. The molecule has 0 aromatic carbocycles. The normalized spacial score (nSPS) is 36.5. The van der Waals surface area contributed by atoms with Crippen molar-refractivity contribution in [1.82, 2.24) is 9.88 Å². The summed E-state index contributed by atoms with van der Waals surface area (Å²) in [7, 11) is 0. The van der Waals surface area contributed by atoms with E-state index in [0.717, 1.165) is 38.9 Å². The van der Waals surface area contributed by atoms with Crippen LogP contribution in [0.5, 0.6) is 0 Å². The second-order valence-electron chi connectivity index (χ2n) is 7.00. The molecule has 4 rings (SSSR count). The number of aliphatic hydroxyl groups excluding tert-OH is 2. The van der Waals surface area contributed by atoms with Crippen LogP contribution < -0.4 is 0 Å². The van der Waals surface area contributed by atoms with Crippen molar-refractivity contribution in [2.45, 2.75) is 57.3 Å². The predicted octanol–water partition coefficient (Wildman–Crippen LogP) is 1.59. The Kier molecular flexibility index (Phi) is 3.78. The fourth-order valence-corrected chi connectivity index (χ4v) is 5.50. The molecule has 0 unspecified atom stereocenters. The maximum Gasteiger partial charge on any atom is 0.107 e. The number of aromatic nitrogens is 1. The molecule has 0 amide bonds. The highest BCUT2D eigenvalue weighted by Gasteiger charge is 2.41. The summed E-state index contributed by atoms with van der Waals surface area (Å²) >= 11 is 1.91. The Bertz CT molecular complexity index is 477. The second-order valence-corrected chi connectivity index (χ2v) is 8.17. The third kappa shape index (κ3) is 2.77. The van der Waals surface area contributed by atoms with Gasteiger partial charge in [-0.25, -0.2) is 4.98 Å². The molecule has 0 spiro atoms. The molecule has 3 aliphatic rings. The fraction of sp³-hybridized carbons (Fsp3) is 0.812. The third-order valence-electron chi connectivity index (χ3n) is 5.43. The molecule has 1 aliphatic heterocycles. The SMILES string of the molecule is O[C@@H]1C[C@@H]2CN(Cc3nc4c(s3)CCCC4)C[C@@H]2C[C@H]1O. The van der Waals surface area contributed by atoms with Crippen LogP contribution in [-0.4, -0.2) is 45.4 Å². The lowest BCUT2D eigenvalue weighted by atomic mass is 9.79. The van der Waals surface area contributed by atoms with Crippen molar-refractivity contribution >= 4 is 11.3 Å². The molecule has 4 atom stereocenters. The summed E-state index contributed by atoms with van der Waals surface area (Å²) in [5, 5.41) is 20.9. The summed E-state index contributed by atoms with van der Waals surface area (Å²) in [6.07, 6.45) is 5.48. The van der Waals surface area contributed by atoms with Crippen LogP contribution in [0.2, 0.25) is 0 Å². The van der Waals surface area contributed by atoms with Gasteiger partial charge in [-0.2, -0.15) is 0 Å². The van der Waals surface area contributed by atoms with Gasteiger partial charge in [0.25, 0.3) is 0 Å². The largest absolute Gasteiger partial charge is 0.390 e. The van der Waals surface area contributed by atoms with Crippen molar-refractivity contribution in [3.8, 4) is 0 Å². The molecule has 2 N–H and O–H groups in total. The van der Waals surface area contributed by atoms with Crippen LogP contribution in [0.15, 0.2) is 0 Å². The molecule has 116 valence electrons. The maximum atomic E-state index is 9.83. The standard InChI is InChI=1S/C16H24N2O2S/c19-13-5-10-7-18(8-11(10)6-14(13)20)9-16-17-12-3-1-2-4-15(12)21-16/h10-11,13-14,19-20H,1-9H2/t10-,11+,13-,14-/m1/s1. The van der Waals surface area contributed by atoms with E-state index in [-0.39, 0.29) is 0 Å². The summed E-state index contributed by atoms with van der Waals surface area (Å²) in [4.78, 5) is 8.83. The molecule has 0 radical (unpaired) electrons. The van der Waals surface area contributed by atoms with Gasteiger partial charge in [-0.15, -0.1) is 11.3 Å². The zero-order valence-corrected chi connectivity index (χ0v) is 13.2. The van der Waals surface area contributed by atoms with Crippen molar-refractivity contribution in [3.63, 3.8) is 0 Å². The van der Waals surface area contributed by atoms with Crippen LogP contribution in [0.1, 0.15) is 41.3 Å². The number of aryl methyl sites for hydroxylation is 2. The Morgan fingerprint density at radius 3 is 2.38 bits per heavy atom. The Hall–Kier alpha value is -0.490. The van der Waals surface area contributed by atoms with Gasteiger partial charge < -0.3 is 10.2 Å². The highest BCUT2D eigenvalue weighted by Crippen LogP contribution is 2.37. The van der Waals surface area contributed by atoms with E-state index in [1.54, 1.807) is 0 Å². The van der Waals surface area contributed by atoms with Crippen LogP contribution in [0.3, 0.4) is 0 Å². The Morgan fingerprint density at radius 2 is 1.71 bits per heavy atom. The van der Waals surface area contributed by atoms with Gasteiger partial charge in [0.05, 0.1) is 24.4 Å². The number of nitrogens with zero attached hydrogens (tertiary/aromatic N) is 2. The molecule has 4 nitrogen and oxygen atoms in total. The van der Waals surface area contributed by atoms with Crippen LogP contribution in [0.25, 0.3) is 0 Å². The Balaban J connectivity index is 1.41. The Morgan fingerprint density at radius 1 is 1.05 bits per heavy atom. The first-order valence-corrected chi connectivity index (χ1v) is 9.06. The minimum Gasteiger partial charge on any atom is -0.390 e. The smallest absolute Gasteiger partial charge is 0.107 e. The van der Waals surface area contributed by atoms with E-state index >= 15 is 0 Å². The van der Waals surface area contributed by atoms with Crippen molar-refractivity contribution in [1.29, 1.82) is 0 Å². The molecular weight excluding hydrogens is 284 g/mol. The van der Waals surface area contributed by atoms with E-state index in [9.17, 15) is 10.2 Å². The first-order chi connectivity index (χ1) is 10.2. The van der Waals surface area contributed by atoms with Crippen LogP contribution in [0.4, 0.5) is 0 Å². The van der Waals surface area contributed by atoms with E-state index < -0.39 is 12.2 Å². The zero-order valence-electron chi connectivity index (χ0n) is 12.4. The van der Waals surface area contributed by atoms with E-state index in [0.29, 0.717) is 11.8 Å². The number of hydrogen-bond acceptors (Lipinski definition) is 5. The molecule has 2 aliphatic carbocycles. The summed E-state index contributed by atoms with van der Waals surface area (Å²) in [5.74, 6) is 1.11. The topological polar surface area (TPSA) is 56.6 Å². The number of likely N-dealkylation sites (tertiary alicyclic amines) is 1. The van der Waals surface area contributed by atoms with E-state index in [2.05, 4.69) is 4.90 Å². The quantitative estimate of drug-likeness (QED) is 0.871. The minimum atomic E-state index is -0.515. The highest BCUT2D eigenvalue weighted by atomic mass is 32.1. The molecule has 1 aromatic rings. The van der Waals surface area contributed by atoms with Crippen molar-refractivity contribution < 1.29 is 10.2 Å². The van der Waals surface area contributed by atoms with Crippen molar-refractivity contribution in [3.05, 3.63) is 15.6 Å². The second kappa shape index (κ2) is 5.61. The molecule has 0 bridgehead atoms. The van der Waals surface area contributed by atoms with Gasteiger partial charge in [0, 0.05) is 18.0 Å². The maximum absolute atomic E-state index is 9.83. The van der Waals surface area contributed by atoms with E-state index in [1.165, 1.54) is 34.8 Å². The molecule has 1 aromatic heterocycles. The third-order valence-corrected chi connectivity index (χ3v) is 6.58. The van der Waals surface area contributed by atoms with Crippen molar-refractivity contribution in [2.24, 2.45) is 11.8 Å². The van der Waals surface area contributed by atoms with E-state index in [1.807, 2.05) is 11.3 Å². The van der Waals surface area contributed by atoms with Crippen LogP contribution in [0, 0.1) is 11.8 Å². The van der Waals surface area contributed by atoms with Gasteiger partial charge in [0.15, 0.2) is 0 Å². The average molecular weight is 308 g/mol. The molecule has 1 saturated heterocycles. The number of aliphatic hydroxyl groups is 2. The minimum absolute atomic E-state index is 0.515. The molecular formula is C16H24N2O2S. The van der Waals surface area contributed by atoms with Gasteiger partial charge >= 0.3 is 0 Å². The lowest BCUT2D eigenvalue weighted by Crippen LogP contribution is -2.38. The Labute approximate surface area is 129 Å². The first-order valence-electron chi connectivity index (χ1n) is 8.25. The fourth-order valence-electron chi connectivity index (χ4n) is 4.30. The van der Waals surface area contributed by atoms with Gasteiger partial charge in [0.1, 0.15) is 5.01 Å². The molecule has 2 fully saturated rings. The monoisotopic (exact) mass is 308 g/mol. The van der Waals surface area contributed by atoms with Crippen molar-refractivity contribution in [2.75, 3.05) is 13.1 Å². The first kappa shape index (κ1) is 14.1. The average Bonchev–Trinajstić information content (AvgIpc) is 3.02. The van der Waals surface area contributed by atoms with Gasteiger partial charge in [-0.05, 0) is 50.4 Å². The molecule has 2 heterocycles. The summed E-state index contributed by atoms with van der Waals surface area (Å²) in [6, 6.07) is 0. The lowest BCUT2D eigenvalue weighted by Gasteiger charge is -2.32. The number of fused-ring (bicyclic) bond motifs is 2. The summed E-state index contributed by atoms with van der Waals surface area (Å²) in [6.45, 7) is 3.06. The van der Waals surface area contributed by atoms with Gasteiger partial charge in [0.2, 0.25) is 0 Å². The molecule has 1 saturated carbocycles. The lowest BCUT2D eigenvalue weighted by molar-refractivity contribution is -0.0372. The molecule has 21 heavy (non-hydrogen) atoms. The highest BCUT2D eigenvalue weighted by molar-refractivity contribution is 7.11. The van der Waals surface area contributed by atoms with E-state index in [4.69, 9.17) is 4.98 Å². The van der Waals surface area contributed by atoms with Crippen LogP contribution in [-0.2, 0) is 19.4 Å². The van der Waals surface area contributed by atoms with Gasteiger partial charge in [-0.1, -0.05) is 0 Å². The molecule has 5 heteroatoms. The number of thiazole rings is 1. The summed E-state index contributed by atoms with van der Waals surface area (Å²) < 4.78 is 0. The number of rotatable bonds is 2. The van der Waals surface area contributed by atoms with Crippen LogP contribution >= 0.6 is 11.3 Å². The zero-order chi connectivity index (χ0) is 14.4. The van der Waals surface area contributed by atoms with Gasteiger partial charge in [-0.3, -0.25) is 4.90 Å². The number of hydrogen-bond donors (Lipinski definition) is 2. The summed E-state index contributed by atoms with van der Waals surface area (Å²) in [5.41, 5.74) is 1.35.